The number of nitrogens with one attached hydrogen (secondary N) is 1. The highest BCUT2D eigenvalue weighted by Crippen LogP contribution is 2.24. The molecule has 3 N–H and O–H groups in total. The first-order valence-electron chi connectivity index (χ1n) is 6.45. The SMILES string of the molecule is NC[C@H](Cc1ccc(F)cc1)C1CCNCC1. The molecule has 0 aromatic heterocycles. The summed E-state index contributed by atoms with van der Waals surface area (Å²) in [5.74, 6) is 1.08. The minimum atomic E-state index is -0.167. The Morgan fingerprint density at radius 2 is 1.88 bits per heavy atom. The Morgan fingerprint density at radius 3 is 2.47 bits per heavy atom. The zero-order valence-corrected chi connectivity index (χ0v) is 10.2. The van der Waals surface area contributed by atoms with E-state index in [9.17, 15) is 4.39 Å². The maximum Gasteiger partial charge on any atom is 0.123 e. The van der Waals surface area contributed by atoms with Crippen molar-refractivity contribution in [2.24, 2.45) is 17.6 Å². The van der Waals surface area contributed by atoms with Gasteiger partial charge in [-0.15, -0.1) is 0 Å². The van der Waals surface area contributed by atoms with Gasteiger partial charge in [-0.2, -0.15) is 0 Å². The largest absolute Gasteiger partial charge is 0.330 e. The molecule has 1 saturated heterocycles. The molecule has 0 radical (unpaired) electrons. The number of halogens is 1. The lowest BCUT2D eigenvalue weighted by Gasteiger charge is -2.30. The summed E-state index contributed by atoms with van der Waals surface area (Å²) in [7, 11) is 0. The average Bonchev–Trinajstić information content (AvgIpc) is 2.39. The van der Waals surface area contributed by atoms with Crippen molar-refractivity contribution >= 4 is 0 Å². The van der Waals surface area contributed by atoms with Gasteiger partial charge in [-0.25, -0.2) is 4.39 Å². The molecule has 3 heteroatoms. The van der Waals surface area contributed by atoms with Crippen molar-refractivity contribution in [3.05, 3.63) is 35.6 Å². The molecule has 1 atom stereocenters. The lowest BCUT2D eigenvalue weighted by molar-refractivity contribution is 0.262. The third-order valence-electron chi connectivity index (χ3n) is 3.76. The molecule has 0 saturated carbocycles. The quantitative estimate of drug-likeness (QED) is 0.838. The molecule has 1 aromatic carbocycles. The maximum absolute atomic E-state index is 12.8. The fourth-order valence-corrected chi connectivity index (χ4v) is 2.68. The highest BCUT2D eigenvalue weighted by molar-refractivity contribution is 5.16. The Balaban J connectivity index is 1.96. The van der Waals surface area contributed by atoms with Gasteiger partial charge in [-0.3, -0.25) is 0 Å². The Kier molecular flexibility index (Phi) is 4.51. The van der Waals surface area contributed by atoms with E-state index in [1.54, 1.807) is 0 Å². The second-order valence-corrected chi connectivity index (χ2v) is 4.91. The predicted octanol–water partition coefficient (Wildman–Crippen LogP) is 1.94. The van der Waals surface area contributed by atoms with Gasteiger partial charge in [0, 0.05) is 0 Å². The number of benzene rings is 1. The molecule has 0 aliphatic carbocycles. The molecule has 0 unspecified atom stereocenters. The van der Waals surface area contributed by atoms with Crippen molar-refractivity contribution < 1.29 is 4.39 Å². The standard InChI is InChI=1S/C14H21FN2/c15-14-3-1-11(2-4-14)9-13(10-16)12-5-7-17-8-6-12/h1-4,12-13,17H,5-10,16H2/t13-/m0/s1. The van der Waals surface area contributed by atoms with Crippen LogP contribution < -0.4 is 11.1 Å². The smallest absolute Gasteiger partial charge is 0.123 e. The lowest BCUT2D eigenvalue weighted by atomic mass is 9.81. The third-order valence-corrected chi connectivity index (χ3v) is 3.76. The van der Waals surface area contributed by atoms with Crippen LogP contribution in [0.1, 0.15) is 18.4 Å². The average molecular weight is 236 g/mol. The molecule has 0 amide bonds. The van der Waals surface area contributed by atoms with E-state index in [0.29, 0.717) is 11.8 Å². The van der Waals surface area contributed by atoms with E-state index in [-0.39, 0.29) is 5.82 Å². The molecule has 1 heterocycles. The third kappa shape index (κ3) is 3.51. The topological polar surface area (TPSA) is 38.0 Å². The van der Waals surface area contributed by atoms with Gasteiger partial charge in [0.2, 0.25) is 0 Å². The number of piperidine rings is 1. The van der Waals surface area contributed by atoms with Gasteiger partial charge in [0.05, 0.1) is 0 Å². The van der Waals surface area contributed by atoms with E-state index in [1.807, 2.05) is 12.1 Å². The van der Waals surface area contributed by atoms with Crippen LogP contribution >= 0.6 is 0 Å². The first kappa shape index (κ1) is 12.5. The highest BCUT2D eigenvalue weighted by atomic mass is 19.1. The zero-order valence-electron chi connectivity index (χ0n) is 10.2. The fraction of sp³-hybridized carbons (Fsp3) is 0.571. The normalized spacial score (nSPS) is 19.2. The molecule has 2 nitrogen and oxygen atoms in total. The fourth-order valence-electron chi connectivity index (χ4n) is 2.68. The molecule has 2 rings (SSSR count). The van der Waals surface area contributed by atoms with E-state index in [0.717, 1.165) is 26.1 Å². The van der Waals surface area contributed by atoms with Crippen LogP contribution in [-0.4, -0.2) is 19.6 Å². The Bertz CT molecular complexity index is 331. The van der Waals surface area contributed by atoms with E-state index >= 15 is 0 Å². The van der Waals surface area contributed by atoms with Crippen LogP contribution in [0.25, 0.3) is 0 Å². The summed E-state index contributed by atoms with van der Waals surface area (Å²) in [5, 5.41) is 3.37. The summed E-state index contributed by atoms with van der Waals surface area (Å²) in [6, 6.07) is 6.81. The molecule has 1 aliphatic rings. The second kappa shape index (κ2) is 6.12. The molecule has 1 fully saturated rings. The van der Waals surface area contributed by atoms with Crippen molar-refractivity contribution in [2.75, 3.05) is 19.6 Å². The Hall–Kier alpha value is -0.930. The number of hydrogen-bond acceptors (Lipinski definition) is 2. The van der Waals surface area contributed by atoms with Crippen molar-refractivity contribution in [1.29, 1.82) is 0 Å². The van der Waals surface area contributed by atoms with E-state index < -0.39 is 0 Å². The van der Waals surface area contributed by atoms with Gasteiger partial charge >= 0.3 is 0 Å². The summed E-state index contributed by atoms with van der Waals surface area (Å²) in [5.41, 5.74) is 7.08. The highest BCUT2D eigenvalue weighted by Gasteiger charge is 2.22. The van der Waals surface area contributed by atoms with Gasteiger partial charge in [0.25, 0.3) is 0 Å². The van der Waals surface area contributed by atoms with Crippen molar-refractivity contribution in [1.82, 2.24) is 5.32 Å². The predicted molar refractivity (Wildman–Crippen MR) is 68.2 cm³/mol. The van der Waals surface area contributed by atoms with Crippen molar-refractivity contribution in [2.45, 2.75) is 19.3 Å². The van der Waals surface area contributed by atoms with Crippen LogP contribution in [0, 0.1) is 17.7 Å². The molecule has 1 aromatic rings. The summed E-state index contributed by atoms with van der Waals surface area (Å²) in [4.78, 5) is 0. The van der Waals surface area contributed by atoms with E-state index in [1.165, 1.54) is 30.5 Å². The monoisotopic (exact) mass is 236 g/mol. The van der Waals surface area contributed by atoms with Gasteiger partial charge in [-0.05, 0) is 68.4 Å². The Morgan fingerprint density at radius 1 is 1.24 bits per heavy atom. The molecular weight excluding hydrogens is 215 g/mol. The maximum atomic E-state index is 12.8. The zero-order chi connectivity index (χ0) is 12.1. The first-order chi connectivity index (χ1) is 8.29. The van der Waals surface area contributed by atoms with Crippen LogP contribution in [0.15, 0.2) is 24.3 Å². The summed E-state index contributed by atoms with van der Waals surface area (Å²) in [6.07, 6.45) is 3.40. The van der Waals surface area contributed by atoms with Crippen LogP contribution in [0.4, 0.5) is 4.39 Å². The lowest BCUT2D eigenvalue weighted by Crippen LogP contribution is -2.35. The van der Waals surface area contributed by atoms with Crippen LogP contribution in [0.3, 0.4) is 0 Å². The van der Waals surface area contributed by atoms with E-state index in [4.69, 9.17) is 5.73 Å². The van der Waals surface area contributed by atoms with Crippen molar-refractivity contribution in [3.8, 4) is 0 Å². The van der Waals surface area contributed by atoms with E-state index in [2.05, 4.69) is 5.32 Å². The molecule has 94 valence electrons. The molecule has 0 spiro atoms. The molecule has 0 bridgehead atoms. The van der Waals surface area contributed by atoms with Crippen LogP contribution in [0.2, 0.25) is 0 Å². The van der Waals surface area contributed by atoms with Gasteiger partial charge < -0.3 is 11.1 Å². The summed E-state index contributed by atoms with van der Waals surface area (Å²) in [6.45, 7) is 2.93. The minimum Gasteiger partial charge on any atom is -0.330 e. The van der Waals surface area contributed by atoms with Gasteiger partial charge in [0.15, 0.2) is 0 Å². The Labute approximate surface area is 102 Å². The molecular formula is C14H21FN2. The van der Waals surface area contributed by atoms with Crippen LogP contribution in [-0.2, 0) is 6.42 Å². The number of nitrogens with two attached hydrogens (primary N) is 1. The summed E-state index contributed by atoms with van der Waals surface area (Å²) >= 11 is 0. The summed E-state index contributed by atoms with van der Waals surface area (Å²) < 4.78 is 12.8. The van der Waals surface area contributed by atoms with Gasteiger partial charge in [-0.1, -0.05) is 12.1 Å². The minimum absolute atomic E-state index is 0.167. The number of rotatable bonds is 4. The molecule has 1 aliphatic heterocycles. The van der Waals surface area contributed by atoms with Crippen LogP contribution in [0.5, 0.6) is 0 Å². The number of hydrogen-bond donors (Lipinski definition) is 2. The molecule has 17 heavy (non-hydrogen) atoms. The first-order valence-corrected chi connectivity index (χ1v) is 6.45. The second-order valence-electron chi connectivity index (χ2n) is 4.91. The van der Waals surface area contributed by atoms with Gasteiger partial charge in [0.1, 0.15) is 5.82 Å². The van der Waals surface area contributed by atoms with Crippen molar-refractivity contribution in [3.63, 3.8) is 0 Å².